The largest absolute Gasteiger partial charge is 0.468 e. The lowest BCUT2D eigenvalue weighted by molar-refractivity contribution is -0.142. The molecule has 22 heavy (non-hydrogen) atoms. The third-order valence-corrected chi connectivity index (χ3v) is 3.11. The topological polar surface area (TPSA) is 83.1 Å². The molecule has 0 aliphatic heterocycles. The van der Waals surface area contributed by atoms with E-state index in [9.17, 15) is 10.1 Å². The van der Waals surface area contributed by atoms with Gasteiger partial charge in [0.15, 0.2) is 0 Å². The summed E-state index contributed by atoms with van der Waals surface area (Å²) in [6.07, 6.45) is 4.07. The molecular formula is C17H14N2O3. The summed E-state index contributed by atoms with van der Waals surface area (Å²) >= 11 is 0. The van der Waals surface area contributed by atoms with Crippen LogP contribution in [0, 0.1) is 22.7 Å². The molecule has 1 aromatic rings. The predicted molar refractivity (Wildman–Crippen MR) is 78.4 cm³/mol. The number of ether oxygens (including phenoxy) is 2. The highest BCUT2D eigenvalue weighted by atomic mass is 16.5. The first-order chi connectivity index (χ1) is 10.6. The zero-order chi connectivity index (χ0) is 16.0. The lowest BCUT2D eigenvalue weighted by atomic mass is 9.88. The standard InChI is InChI=1S/C17H14N2O3/c1-13(20)21-16(11-18)14-6-5-9-17(10-14,12-19)22-15-7-3-2-4-8-15/h2-9,16H,10H2,1H3. The van der Waals surface area contributed by atoms with Crippen molar-refractivity contribution in [3.63, 3.8) is 0 Å². The Labute approximate surface area is 128 Å². The van der Waals surface area contributed by atoms with Crippen molar-refractivity contribution in [2.75, 3.05) is 0 Å². The van der Waals surface area contributed by atoms with Crippen molar-refractivity contribution in [2.45, 2.75) is 25.0 Å². The predicted octanol–water partition coefficient (Wildman–Crippen LogP) is 2.67. The van der Waals surface area contributed by atoms with Crippen LogP contribution in [0.4, 0.5) is 0 Å². The summed E-state index contributed by atoms with van der Waals surface area (Å²) in [6, 6.07) is 13.0. The van der Waals surface area contributed by atoms with Gasteiger partial charge < -0.3 is 9.47 Å². The van der Waals surface area contributed by atoms with Gasteiger partial charge in [-0.15, -0.1) is 0 Å². The number of esters is 1. The maximum absolute atomic E-state index is 11.1. The SMILES string of the molecule is CC(=O)OC(C#N)C1=CC=CC(C#N)(Oc2ccccc2)C1. The molecule has 0 radical (unpaired) electrons. The molecule has 0 fully saturated rings. The highest BCUT2D eigenvalue weighted by Crippen LogP contribution is 2.30. The van der Waals surface area contributed by atoms with Crippen LogP contribution in [0.5, 0.6) is 5.75 Å². The Hall–Kier alpha value is -3.05. The van der Waals surface area contributed by atoms with Gasteiger partial charge in [-0.2, -0.15) is 10.5 Å². The molecule has 110 valence electrons. The molecule has 0 saturated heterocycles. The van der Waals surface area contributed by atoms with Crippen LogP contribution >= 0.6 is 0 Å². The van der Waals surface area contributed by atoms with Gasteiger partial charge in [0.1, 0.15) is 17.9 Å². The lowest BCUT2D eigenvalue weighted by Crippen LogP contribution is -2.36. The van der Waals surface area contributed by atoms with Crippen molar-refractivity contribution < 1.29 is 14.3 Å². The third kappa shape index (κ3) is 3.53. The fraction of sp³-hybridized carbons (Fsp3) is 0.235. The van der Waals surface area contributed by atoms with Gasteiger partial charge in [-0.3, -0.25) is 4.79 Å². The summed E-state index contributed by atoms with van der Waals surface area (Å²) in [4.78, 5) is 11.1. The summed E-state index contributed by atoms with van der Waals surface area (Å²) in [6.45, 7) is 1.24. The van der Waals surface area contributed by atoms with Crippen molar-refractivity contribution in [3.8, 4) is 17.9 Å². The quantitative estimate of drug-likeness (QED) is 0.797. The number of rotatable bonds is 4. The molecule has 0 N–H and O–H groups in total. The minimum absolute atomic E-state index is 0.153. The number of nitriles is 2. The van der Waals surface area contributed by atoms with E-state index in [1.54, 1.807) is 42.5 Å². The molecule has 0 saturated carbocycles. The highest BCUT2D eigenvalue weighted by molar-refractivity contribution is 5.67. The molecule has 5 nitrogen and oxygen atoms in total. The first-order valence-corrected chi connectivity index (χ1v) is 6.69. The van der Waals surface area contributed by atoms with Gasteiger partial charge in [-0.1, -0.05) is 30.4 Å². The van der Waals surface area contributed by atoms with Gasteiger partial charge in [0.25, 0.3) is 0 Å². The van der Waals surface area contributed by atoms with Crippen LogP contribution in [-0.2, 0) is 9.53 Å². The molecule has 2 unspecified atom stereocenters. The zero-order valence-electron chi connectivity index (χ0n) is 12.0. The second-order valence-electron chi connectivity index (χ2n) is 4.81. The molecule has 0 bridgehead atoms. The number of hydrogen-bond donors (Lipinski definition) is 0. The Morgan fingerprint density at radius 1 is 1.32 bits per heavy atom. The maximum atomic E-state index is 11.1. The van der Waals surface area contributed by atoms with E-state index in [1.165, 1.54) is 6.92 Å². The fourth-order valence-electron chi connectivity index (χ4n) is 2.15. The maximum Gasteiger partial charge on any atom is 0.304 e. The van der Waals surface area contributed by atoms with Crippen molar-refractivity contribution in [3.05, 3.63) is 54.1 Å². The van der Waals surface area contributed by atoms with Crippen molar-refractivity contribution in [1.29, 1.82) is 10.5 Å². The molecule has 1 aliphatic rings. The summed E-state index contributed by atoms with van der Waals surface area (Å²) in [5.74, 6) is 0.00415. The van der Waals surface area contributed by atoms with Crippen LogP contribution in [-0.4, -0.2) is 17.7 Å². The second kappa shape index (κ2) is 6.60. The van der Waals surface area contributed by atoms with E-state index in [-0.39, 0.29) is 6.42 Å². The number of para-hydroxylation sites is 1. The van der Waals surface area contributed by atoms with E-state index in [4.69, 9.17) is 14.7 Å². The number of benzene rings is 1. The number of carbonyl (C=O) groups excluding carboxylic acids is 1. The van der Waals surface area contributed by atoms with Crippen LogP contribution < -0.4 is 4.74 Å². The highest BCUT2D eigenvalue weighted by Gasteiger charge is 2.35. The fourth-order valence-corrected chi connectivity index (χ4v) is 2.15. The van der Waals surface area contributed by atoms with E-state index < -0.39 is 17.7 Å². The molecule has 0 heterocycles. The second-order valence-corrected chi connectivity index (χ2v) is 4.81. The molecule has 0 spiro atoms. The van der Waals surface area contributed by atoms with Crippen LogP contribution in [0.3, 0.4) is 0 Å². The first kappa shape index (κ1) is 15.3. The summed E-state index contributed by atoms with van der Waals surface area (Å²) in [5.41, 5.74) is -0.696. The number of allylic oxidation sites excluding steroid dienone is 2. The minimum atomic E-state index is -1.22. The van der Waals surface area contributed by atoms with Crippen LogP contribution in [0.15, 0.2) is 54.1 Å². The van der Waals surface area contributed by atoms with E-state index in [1.807, 2.05) is 12.1 Å². The Morgan fingerprint density at radius 3 is 2.64 bits per heavy atom. The van der Waals surface area contributed by atoms with Gasteiger partial charge in [0, 0.05) is 13.3 Å². The Morgan fingerprint density at radius 2 is 2.05 bits per heavy atom. The monoisotopic (exact) mass is 294 g/mol. The molecular weight excluding hydrogens is 280 g/mol. The summed E-state index contributed by atoms with van der Waals surface area (Å²) < 4.78 is 10.7. The van der Waals surface area contributed by atoms with Crippen LogP contribution in [0.2, 0.25) is 0 Å². The van der Waals surface area contributed by atoms with Gasteiger partial charge >= 0.3 is 5.97 Å². The molecule has 0 aromatic heterocycles. The summed E-state index contributed by atoms with van der Waals surface area (Å²) in [7, 11) is 0. The Kier molecular flexibility index (Phi) is 4.60. The van der Waals surface area contributed by atoms with Crippen molar-refractivity contribution >= 4 is 5.97 Å². The zero-order valence-corrected chi connectivity index (χ0v) is 12.0. The molecule has 5 heteroatoms. The van der Waals surface area contributed by atoms with Crippen molar-refractivity contribution in [2.24, 2.45) is 0 Å². The van der Waals surface area contributed by atoms with E-state index in [2.05, 4.69) is 6.07 Å². The van der Waals surface area contributed by atoms with Gasteiger partial charge in [0.05, 0.1) is 0 Å². The lowest BCUT2D eigenvalue weighted by Gasteiger charge is -2.29. The Balaban J connectivity index is 2.21. The normalized spacial score (nSPS) is 21.0. The Bertz CT molecular complexity index is 695. The van der Waals surface area contributed by atoms with Gasteiger partial charge in [-0.25, -0.2) is 0 Å². The van der Waals surface area contributed by atoms with E-state index >= 15 is 0 Å². The molecule has 0 amide bonds. The number of hydrogen-bond acceptors (Lipinski definition) is 5. The molecule has 2 rings (SSSR count). The van der Waals surface area contributed by atoms with Crippen LogP contribution in [0.25, 0.3) is 0 Å². The third-order valence-electron chi connectivity index (χ3n) is 3.11. The first-order valence-electron chi connectivity index (χ1n) is 6.69. The number of nitrogens with zero attached hydrogens (tertiary/aromatic N) is 2. The van der Waals surface area contributed by atoms with Crippen LogP contribution in [0.1, 0.15) is 13.3 Å². The average molecular weight is 294 g/mol. The van der Waals surface area contributed by atoms with Crippen molar-refractivity contribution in [1.82, 2.24) is 0 Å². The smallest absolute Gasteiger partial charge is 0.304 e. The van der Waals surface area contributed by atoms with Gasteiger partial charge in [-0.05, 0) is 23.8 Å². The molecule has 1 aromatic carbocycles. The summed E-state index contributed by atoms with van der Waals surface area (Å²) in [5, 5.41) is 18.7. The number of carbonyl (C=O) groups is 1. The average Bonchev–Trinajstić information content (AvgIpc) is 2.53. The minimum Gasteiger partial charge on any atom is -0.468 e. The molecule has 2 atom stereocenters. The van der Waals surface area contributed by atoms with E-state index in [0.29, 0.717) is 11.3 Å². The molecule has 1 aliphatic carbocycles. The van der Waals surface area contributed by atoms with Gasteiger partial charge in [0.2, 0.25) is 11.7 Å². The van der Waals surface area contributed by atoms with E-state index in [0.717, 1.165) is 0 Å².